The van der Waals surface area contributed by atoms with E-state index in [1.165, 1.54) is 12.0 Å². The summed E-state index contributed by atoms with van der Waals surface area (Å²) in [5.74, 6) is 0. The molecule has 16 heavy (non-hydrogen) atoms. The molecule has 1 fully saturated rings. The molecule has 1 N–H and O–H groups in total. The van der Waals surface area contributed by atoms with Gasteiger partial charge in [-0.2, -0.15) is 0 Å². The Bertz CT molecular complexity index is 325. The van der Waals surface area contributed by atoms with E-state index in [0.717, 1.165) is 36.9 Å². The number of nitrogens with zero attached hydrogens (tertiary/aromatic N) is 1. The number of hydrogen-bond acceptors (Lipinski definition) is 2. The fourth-order valence-corrected chi connectivity index (χ4v) is 2.44. The Balaban J connectivity index is 1.70. The van der Waals surface area contributed by atoms with Gasteiger partial charge in [-0.15, -0.1) is 0 Å². The third-order valence-electron chi connectivity index (χ3n) is 3.10. The van der Waals surface area contributed by atoms with Gasteiger partial charge in [-0.3, -0.25) is 0 Å². The molecule has 0 aliphatic carbocycles. The third-order valence-corrected chi connectivity index (χ3v) is 3.63. The number of hydrogen-bond donors (Lipinski definition) is 1. The van der Waals surface area contributed by atoms with Crippen LogP contribution in [0.2, 0.25) is 0 Å². The van der Waals surface area contributed by atoms with Crippen molar-refractivity contribution in [3.8, 4) is 0 Å². The highest BCUT2D eigenvalue weighted by atomic mass is 79.9. The summed E-state index contributed by atoms with van der Waals surface area (Å²) in [5, 5.41) is 9.40. The molecule has 1 unspecified atom stereocenters. The predicted octanol–water partition coefficient (Wildman–Crippen LogP) is 2.45. The molecule has 0 aromatic heterocycles. The van der Waals surface area contributed by atoms with Crippen molar-refractivity contribution in [2.75, 3.05) is 19.6 Å². The van der Waals surface area contributed by atoms with Crippen LogP contribution in [-0.2, 0) is 6.42 Å². The average molecular weight is 284 g/mol. The monoisotopic (exact) mass is 283 g/mol. The van der Waals surface area contributed by atoms with Crippen molar-refractivity contribution in [3.05, 3.63) is 34.3 Å². The quantitative estimate of drug-likeness (QED) is 0.918. The van der Waals surface area contributed by atoms with Gasteiger partial charge in [0, 0.05) is 17.6 Å². The van der Waals surface area contributed by atoms with Gasteiger partial charge >= 0.3 is 0 Å². The molecule has 88 valence electrons. The molecule has 1 aromatic carbocycles. The molecule has 1 atom stereocenters. The highest BCUT2D eigenvalue weighted by Gasteiger charge is 2.18. The fraction of sp³-hybridized carbons (Fsp3) is 0.538. The summed E-state index contributed by atoms with van der Waals surface area (Å²) in [7, 11) is 0. The van der Waals surface area contributed by atoms with Gasteiger partial charge in [0.25, 0.3) is 0 Å². The molecular weight excluding hydrogens is 266 g/mol. The van der Waals surface area contributed by atoms with E-state index in [1.54, 1.807) is 0 Å². The lowest BCUT2D eigenvalue weighted by Gasteiger charge is -2.14. The molecule has 1 aliphatic heterocycles. The molecule has 1 heterocycles. The Hall–Kier alpha value is -0.380. The lowest BCUT2D eigenvalue weighted by molar-refractivity contribution is 0.176. The normalized spacial score (nSPS) is 21.5. The predicted molar refractivity (Wildman–Crippen MR) is 69.5 cm³/mol. The minimum Gasteiger partial charge on any atom is -0.392 e. The molecule has 0 saturated carbocycles. The second-order valence-corrected chi connectivity index (χ2v) is 5.39. The first-order valence-corrected chi connectivity index (χ1v) is 6.68. The van der Waals surface area contributed by atoms with E-state index in [1.807, 2.05) is 0 Å². The standard InChI is InChI=1S/C13H18BrNO/c14-12-5-3-11(4-6-12)2-1-8-15-9-7-13(16)10-15/h3-6,13,16H,1-2,7-10H2. The van der Waals surface area contributed by atoms with Gasteiger partial charge in [0.15, 0.2) is 0 Å². The zero-order valence-electron chi connectivity index (χ0n) is 9.40. The van der Waals surface area contributed by atoms with Crippen LogP contribution in [0.5, 0.6) is 0 Å². The van der Waals surface area contributed by atoms with Crippen LogP contribution in [-0.4, -0.2) is 35.7 Å². The number of benzene rings is 1. The largest absolute Gasteiger partial charge is 0.392 e. The molecule has 1 saturated heterocycles. The SMILES string of the molecule is OC1CCN(CCCc2ccc(Br)cc2)C1. The molecule has 1 aliphatic rings. The van der Waals surface area contributed by atoms with Gasteiger partial charge in [-0.05, 0) is 43.5 Å². The third kappa shape index (κ3) is 3.58. The number of rotatable bonds is 4. The number of aryl methyl sites for hydroxylation is 1. The molecule has 2 nitrogen and oxygen atoms in total. The summed E-state index contributed by atoms with van der Waals surface area (Å²) in [4.78, 5) is 2.35. The molecule has 0 spiro atoms. The lowest BCUT2D eigenvalue weighted by atomic mass is 10.1. The highest BCUT2D eigenvalue weighted by Crippen LogP contribution is 2.13. The van der Waals surface area contributed by atoms with E-state index in [9.17, 15) is 5.11 Å². The minimum atomic E-state index is -0.0901. The van der Waals surface area contributed by atoms with Crippen molar-refractivity contribution in [3.63, 3.8) is 0 Å². The number of likely N-dealkylation sites (tertiary alicyclic amines) is 1. The van der Waals surface area contributed by atoms with Crippen LogP contribution in [0.25, 0.3) is 0 Å². The number of aliphatic hydroxyl groups is 1. The van der Waals surface area contributed by atoms with Crippen LogP contribution in [0.1, 0.15) is 18.4 Å². The van der Waals surface area contributed by atoms with Gasteiger partial charge in [-0.25, -0.2) is 0 Å². The summed E-state index contributed by atoms with van der Waals surface area (Å²) in [6, 6.07) is 8.52. The van der Waals surface area contributed by atoms with Crippen LogP contribution < -0.4 is 0 Å². The van der Waals surface area contributed by atoms with Crippen LogP contribution >= 0.6 is 15.9 Å². The number of β-amino-alcohol motifs (C(OH)–C–C–N with tert-alkyl or cyclic N) is 1. The first-order chi connectivity index (χ1) is 7.74. The second kappa shape index (κ2) is 5.80. The van der Waals surface area contributed by atoms with Gasteiger partial charge in [0.1, 0.15) is 0 Å². The molecule has 0 radical (unpaired) electrons. The van der Waals surface area contributed by atoms with E-state index < -0.39 is 0 Å². The Labute approximate surface area is 105 Å². The Kier molecular flexibility index (Phi) is 4.38. The smallest absolute Gasteiger partial charge is 0.0679 e. The van der Waals surface area contributed by atoms with Crippen LogP contribution in [0.3, 0.4) is 0 Å². The van der Waals surface area contributed by atoms with E-state index in [-0.39, 0.29) is 6.10 Å². The van der Waals surface area contributed by atoms with Crippen LogP contribution in [0.4, 0.5) is 0 Å². The Morgan fingerprint density at radius 3 is 2.69 bits per heavy atom. The zero-order chi connectivity index (χ0) is 11.4. The maximum Gasteiger partial charge on any atom is 0.0679 e. The van der Waals surface area contributed by atoms with E-state index in [4.69, 9.17) is 0 Å². The molecule has 3 heteroatoms. The first-order valence-electron chi connectivity index (χ1n) is 5.89. The van der Waals surface area contributed by atoms with Gasteiger partial charge < -0.3 is 10.0 Å². The van der Waals surface area contributed by atoms with Crippen molar-refractivity contribution in [2.45, 2.75) is 25.4 Å². The number of aliphatic hydroxyl groups excluding tert-OH is 1. The topological polar surface area (TPSA) is 23.5 Å². The molecule has 0 bridgehead atoms. The van der Waals surface area contributed by atoms with Gasteiger partial charge in [-0.1, -0.05) is 28.1 Å². The Morgan fingerprint density at radius 1 is 1.31 bits per heavy atom. The first kappa shape index (κ1) is 12.1. The van der Waals surface area contributed by atoms with Gasteiger partial charge in [0.05, 0.1) is 6.10 Å². The number of halogens is 1. The summed E-state index contributed by atoms with van der Waals surface area (Å²) < 4.78 is 1.14. The summed E-state index contributed by atoms with van der Waals surface area (Å²) in [5.41, 5.74) is 1.39. The summed E-state index contributed by atoms with van der Waals surface area (Å²) in [6.45, 7) is 3.02. The van der Waals surface area contributed by atoms with E-state index in [0.29, 0.717) is 0 Å². The molecule has 1 aromatic rings. The van der Waals surface area contributed by atoms with E-state index in [2.05, 4.69) is 45.1 Å². The van der Waals surface area contributed by atoms with Crippen molar-refractivity contribution in [2.24, 2.45) is 0 Å². The van der Waals surface area contributed by atoms with E-state index >= 15 is 0 Å². The van der Waals surface area contributed by atoms with Crippen LogP contribution in [0.15, 0.2) is 28.7 Å². The fourth-order valence-electron chi connectivity index (χ4n) is 2.17. The zero-order valence-corrected chi connectivity index (χ0v) is 11.0. The summed E-state index contributed by atoms with van der Waals surface area (Å²) >= 11 is 3.44. The van der Waals surface area contributed by atoms with Crippen molar-refractivity contribution in [1.29, 1.82) is 0 Å². The van der Waals surface area contributed by atoms with Crippen molar-refractivity contribution >= 4 is 15.9 Å². The average Bonchev–Trinajstić information content (AvgIpc) is 2.67. The molecular formula is C13H18BrNO. The second-order valence-electron chi connectivity index (χ2n) is 4.47. The highest BCUT2D eigenvalue weighted by molar-refractivity contribution is 9.10. The van der Waals surface area contributed by atoms with Crippen molar-refractivity contribution in [1.82, 2.24) is 4.90 Å². The maximum atomic E-state index is 9.40. The lowest BCUT2D eigenvalue weighted by Crippen LogP contribution is -2.23. The summed E-state index contributed by atoms with van der Waals surface area (Å²) in [6.07, 6.45) is 3.15. The van der Waals surface area contributed by atoms with Crippen LogP contribution in [0, 0.1) is 0 Å². The maximum absolute atomic E-state index is 9.40. The van der Waals surface area contributed by atoms with Gasteiger partial charge in [0.2, 0.25) is 0 Å². The van der Waals surface area contributed by atoms with Crippen molar-refractivity contribution < 1.29 is 5.11 Å². The molecule has 2 rings (SSSR count). The minimum absolute atomic E-state index is 0.0901. The Morgan fingerprint density at radius 2 is 2.06 bits per heavy atom. The molecule has 0 amide bonds.